The van der Waals surface area contributed by atoms with Gasteiger partial charge >= 0.3 is 0 Å². The zero-order valence-electron chi connectivity index (χ0n) is 11.6. The van der Waals surface area contributed by atoms with Gasteiger partial charge in [-0.2, -0.15) is 0 Å². The molecule has 0 aliphatic rings. The van der Waals surface area contributed by atoms with Gasteiger partial charge in [0.2, 0.25) is 0 Å². The smallest absolute Gasteiger partial charge is 0.128 e. The van der Waals surface area contributed by atoms with E-state index in [4.69, 9.17) is 4.74 Å². The van der Waals surface area contributed by atoms with Crippen molar-refractivity contribution < 1.29 is 9.13 Å². The molecule has 0 atom stereocenters. The van der Waals surface area contributed by atoms with E-state index in [9.17, 15) is 4.39 Å². The molecule has 0 aliphatic carbocycles. The van der Waals surface area contributed by atoms with Crippen molar-refractivity contribution >= 4 is 10.9 Å². The van der Waals surface area contributed by atoms with Crippen LogP contribution in [0.3, 0.4) is 0 Å². The monoisotopic (exact) mass is 269 g/mol. The first-order valence-corrected chi connectivity index (χ1v) is 6.57. The van der Waals surface area contributed by atoms with E-state index in [1.54, 1.807) is 12.1 Å². The van der Waals surface area contributed by atoms with Crippen molar-refractivity contribution in [1.82, 2.24) is 4.57 Å². The van der Waals surface area contributed by atoms with Gasteiger partial charge in [0, 0.05) is 18.0 Å². The summed E-state index contributed by atoms with van der Waals surface area (Å²) in [6, 6.07) is 14.7. The summed E-state index contributed by atoms with van der Waals surface area (Å²) in [6.45, 7) is 2.50. The summed E-state index contributed by atoms with van der Waals surface area (Å²) in [5, 5.41) is 0.898. The summed E-state index contributed by atoms with van der Waals surface area (Å²) in [5.41, 5.74) is 3.20. The Morgan fingerprint density at radius 2 is 1.95 bits per heavy atom. The zero-order valence-corrected chi connectivity index (χ0v) is 11.6. The van der Waals surface area contributed by atoms with Gasteiger partial charge in [-0.05, 0) is 48.9 Å². The van der Waals surface area contributed by atoms with E-state index in [0.717, 1.165) is 22.3 Å². The SMILES string of the molecule is Cc1cccc(OCc2cc3cc(F)ccc3n2C)c1. The van der Waals surface area contributed by atoms with Crippen molar-refractivity contribution in [2.24, 2.45) is 7.05 Å². The Labute approximate surface area is 117 Å². The predicted molar refractivity (Wildman–Crippen MR) is 78.4 cm³/mol. The van der Waals surface area contributed by atoms with Gasteiger partial charge in [0.25, 0.3) is 0 Å². The van der Waals surface area contributed by atoms with Gasteiger partial charge in [-0.3, -0.25) is 0 Å². The lowest BCUT2D eigenvalue weighted by Gasteiger charge is -2.08. The van der Waals surface area contributed by atoms with Gasteiger partial charge in [0.1, 0.15) is 18.2 Å². The molecule has 102 valence electrons. The van der Waals surface area contributed by atoms with E-state index in [0.29, 0.717) is 6.61 Å². The second-order valence-electron chi connectivity index (χ2n) is 5.00. The normalized spacial score (nSPS) is 10.9. The molecule has 3 heteroatoms. The molecule has 2 aromatic carbocycles. The first kappa shape index (κ1) is 12.7. The largest absolute Gasteiger partial charge is 0.487 e. The van der Waals surface area contributed by atoms with E-state index < -0.39 is 0 Å². The van der Waals surface area contributed by atoms with Crippen molar-refractivity contribution in [3.05, 3.63) is 65.6 Å². The van der Waals surface area contributed by atoms with Crippen LogP contribution in [0.25, 0.3) is 10.9 Å². The molecule has 20 heavy (non-hydrogen) atoms. The fourth-order valence-electron chi connectivity index (χ4n) is 2.38. The highest BCUT2D eigenvalue weighted by atomic mass is 19.1. The standard InChI is InChI=1S/C17H16FNO/c1-12-4-3-5-16(8-12)20-11-15-10-13-9-14(18)6-7-17(13)19(15)2/h3-10H,11H2,1-2H3. The van der Waals surface area contributed by atoms with Crippen molar-refractivity contribution in [3.8, 4) is 5.75 Å². The van der Waals surface area contributed by atoms with Crippen LogP contribution in [-0.4, -0.2) is 4.57 Å². The third-order valence-electron chi connectivity index (χ3n) is 3.48. The van der Waals surface area contributed by atoms with E-state index in [1.165, 1.54) is 11.6 Å². The zero-order chi connectivity index (χ0) is 14.1. The molecule has 0 bridgehead atoms. The summed E-state index contributed by atoms with van der Waals surface area (Å²) in [6.07, 6.45) is 0. The van der Waals surface area contributed by atoms with Crippen molar-refractivity contribution in [3.63, 3.8) is 0 Å². The van der Waals surface area contributed by atoms with Gasteiger partial charge in [0.05, 0.1) is 5.69 Å². The van der Waals surface area contributed by atoms with Gasteiger partial charge in [-0.25, -0.2) is 4.39 Å². The van der Waals surface area contributed by atoms with E-state index in [1.807, 2.05) is 48.9 Å². The topological polar surface area (TPSA) is 14.2 Å². The molecule has 0 unspecified atom stereocenters. The number of ether oxygens (including phenoxy) is 1. The summed E-state index contributed by atoms with van der Waals surface area (Å²) >= 11 is 0. The Morgan fingerprint density at radius 1 is 1.10 bits per heavy atom. The van der Waals surface area contributed by atoms with E-state index in [2.05, 4.69) is 0 Å². The van der Waals surface area contributed by atoms with Crippen LogP contribution < -0.4 is 4.74 Å². The van der Waals surface area contributed by atoms with Gasteiger partial charge in [0.15, 0.2) is 0 Å². The minimum Gasteiger partial charge on any atom is -0.487 e. The van der Waals surface area contributed by atoms with Gasteiger partial charge in [-0.1, -0.05) is 12.1 Å². The maximum atomic E-state index is 13.2. The lowest BCUT2D eigenvalue weighted by Crippen LogP contribution is -2.01. The molecule has 0 N–H and O–H groups in total. The number of aryl methyl sites for hydroxylation is 2. The summed E-state index contributed by atoms with van der Waals surface area (Å²) in [4.78, 5) is 0. The molecule has 3 rings (SSSR count). The molecule has 1 aromatic heterocycles. The number of aromatic nitrogens is 1. The van der Waals surface area contributed by atoms with Gasteiger partial charge < -0.3 is 9.30 Å². The lowest BCUT2D eigenvalue weighted by molar-refractivity contribution is 0.297. The number of hydrogen-bond acceptors (Lipinski definition) is 1. The van der Waals surface area contributed by atoms with Crippen LogP contribution >= 0.6 is 0 Å². The number of nitrogens with zero attached hydrogens (tertiary/aromatic N) is 1. The van der Waals surface area contributed by atoms with Crippen LogP contribution in [0, 0.1) is 12.7 Å². The summed E-state index contributed by atoms with van der Waals surface area (Å²) < 4.78 is 21.1. The van der Waals surface area contributed by atoms with Crippen molar-refractivity contribution in [2.75, 3.05) is 0 Å². The number of fused-ring (bicyclic) bond motifs is 1. The molecular formula is C17H16FNO. The summed E-state index contributed by atoms with van der Waals surface area (Å²) in [5.74, 6) is 0.635. The second kappa shape index (κ2) is 5.00. The maximum absolute atomic E-state index is 13.2. The van der Waals surface area contributed by atoms with Crippen LogP contribution in [0.1, 0.15) is 11.3 Å². The molecular weight excluding hydrogens is 253 g/mol. The fourth-order valence-corrected chi connectivity index (χ4v) is 2.38. The number of benzene rings is 2. The van der Waals surface area contributed by atoms with Crippen molar-refractivity contribution in [2.45, 2.75) is 13.5 Å². The Hall–Kier alpha value is -2.29. The molecule has 0 saturated heterocycles. The molecule has 0 saturated carbocycles. The number of halogens is 1. The van der Waals surface area contributed by atoms with Crippen LogP contribution in [0.5, 0.6) is 5.75 Å². The minimum atomic E-state index is -0.214. The van der Waals surface area contributed by atoms with Crippen molar-refractivity contribution in [1.29, 1.82) is 0 Å². The Balaban J connectivity index is 1.86. The second-order valence-corrected chi connectivity index (χ2v) is 5.00. The lowest BCUT2D eigenvalue weighted by atomic mass is 10.2. The molecule has 0 radical (unpaired) electrons. The third-order valence-corrected chi connectivity index (χ3v) is 3.48. The predicted octanol–water partition coefficient (Wildman–Crippen LogP) is 4.20. The summed E-state index contributed by atoms with van der Waals surface area (Å²) in [7, 11) is 1.97. The molecule has 0 amide bonds. The fraction of sp³-hybridized carbons (Fsp3) is 0.176. The average Bonchev–Trinajstić information content (AvgIpc) is 2.72. The average molecular weight is 269 g/mol. The quantitative estimate of drug-likeness (QED) is 0.695. The Kier molecular flexibility index (Phi) is 3.18. The minimum absolute atomic E-state index is 0.214. The highest BCUT2D eigenvalue weighted by Gasteiger charge is 2.07. The first-order chi connectivity index (χ1) is 9.63. The van der Waals surface area contributed by atoms with Crippen LogP contribution in [0.15, 0.2) is 48.5 Å². The Bertz CT molecular complexity index is 761. The molecule has 2 nitrogen and oxygen atoms in total. The molecule has 0 fully saturated rings. The highest BCUT2D eigenvalue weighted by molar-refractivity contribution is 5.81. The highest BCUT2D eigenvalue weighted by Crippen LogP contribution is 2.21. The maximum Gasteiger partial charge on any atom is 0.128 e. The van der Waals surface area contributed by atoms with Gasteiger partial charge in [-0.15, -0.1) is 0 Å². The van der Waals surface area contributed by atoms with E-state index in [-0.39, 0.29) is 5.82 Å². The molecule has 1 heterocycles. The van der Waals surface area contributed by atoms with Crippen LogP contribution in [0.4, 0.5) is 4.39 Å². The Morgan fingerprint density at radius 3 is 2.75 bits per heavy atom. The third kappa shape index (κ3) is 2.39. The first-order valence-electron chi connectivity index (χ1n) is 6.57. The molecule has 3 aromatic rings. The number of rotatable bonds is 3. The van der Waals surface area contributed by atoms with E-state index >= 15 is 0 Å². The van der Waals surface area contributed by atoms with Crippen LogP contribution in [-0.2, 0) is 13.7 Å². The van der Waals surface area contributed by atoms with Crippen LogP contribution in [0.2, 0.25) is 0 Å². The molecule has 0 spiro atoms. The molecule has 0 aliphatic heterocycles. The number of hydrogen-bond donors (Lipinski definition) is 0.